The number of hydrogen-bond acceptors (Lipinski definition) is 4. The van der Waals surface area contributed by atoms with Gasteiger partial charge in [-0.25, -0.2) is 0 Å². The highest BCUT2D eigenvalue weighted by Gasteiger charge is 2.35. The van der Waals surface area contributed by atoms with Crippen LogP contribution in [0.5, 0.6) is 0 Å². The lowest BCUT2D eigenvalue weighted by Gasteiger charge is -2.44. The molecular weight excluding hydrogens is 252 g/mol. The van der Waals surface area contributed by atoms with Crippen LogP contribution in [0.2, 0.25) is 0 Å². The van der Waals surface area contributed by atoms with E-state index in [1.54, 1.807) is 0 Å². The molecule has 118 valence electrons. The molecule has 1 heterocycles. The van der Waals surface area contributed by atoms with Crippen LogP contribution in [0.25, 0.3) is 0 Å². The maximum absolute atomic E-state index is 9.33. The smallest absolute Gasteiger partial charge is 0.0933 e. The summed E-state index contributed by atoms with van der Waals surface area (Å²) in [5.41, 5.74) is 0.355. The van der Waals surface area contributed by atoms with Gasteiger partial charge < -0.3 is 15.2 Å². The fourth-order valence-corrected chi connectivity index (χ4v) is 3.06. The summed E-state index contributed by atoms with van der Waals surface area (Å²) in [6.45, 7) is 10.8. The summed E-state index contributed by atoms with van der Waals surface area (Å²) in [6.07, 6.45) is 5.11. The zero-order valence-electron chi connectivity index (χ0n) is 13.4. The second kappa shape index (κ2) is 7.21. The van der Waals surface area contributed by atoms with Gasteiger partial charge in [0, 0.05) is 31.7 Å². The van der Waals surface area contributed by atoms with Gasteiger partial charge in [0.05, 0.1) is 19.3 Å². The molecule has 1 saturated carbocycles. The summed E-state index contributed by atoms with van der Waals surface area (Å²) < 4.78 is 5.65. The average molecular weight is 284 g/mol. The number of aliphatic hydroxyl groups excluding tert-OH is 1. The van der Waals surface area contributed by atoms with Crippen molar-refractivity contribution < 1.29 is 9.84 Å². The fourth-order valence-electron chi connectivity index (χ4n) is 3.06. The Labute approximate surface area is 123 Å². The average Bonchev–Trinajstić information content (AvgIpc) is 3.30. The molecule has 1 saturated heterocycles. The first-order valence-electron chi connectivity index (χ1n) is 8.32. The molecule has 2 aliphatic rings. The lowest BCUT2D eigenvalue weighted by molar-refractivity contribution is -0.0887. The fraction of sp³-hybridized carbons (Fsp3) is 1.00. The molecule has 1 aliphatic heterocycles. The third-order valence-corrected chi connectivity index (χ3v) is 5.22. The summed E-state index contributed by atoms with van der Waals surface area (Å²) in [6, 6.07) is 1.23. The van der Waals surface area contributed by atoms with Gasteiger partial charge in [-0.3, -0.25) is 4.90 Å². The van der Waals surface area contributed by atoms with Gasteiger partial charge in [0.1, 0.15) is 0 Å². The number of morpholine rings is 1. The number of nitrogens with zero attached hydrogens (tertiary/aromatic N) is 1. The van der Waals surface area contributed by atoms with E-state index in [2.05, 4.69) is 31.0 Å². The van der Waals surface area contributed by atoms with Gasteiger partial charge in [-0.15, -0.1) is 0 Å². The molecule has 0 bridgehead atoms. The Hall–Kier alpha value is -0.160. The van der Waals surface area contributed by atoms with E-state index in [0.29, 0.717) is 11.5 Å². The Morgan fingerprint density at radius 3 is 2.55 bits per heavy atom. The van der Waals surface area contributed by atoms with Gasteiger partial charge in [-0.05, 0) is 38.0 Å². The number of aliphatic hydroxyl groups is 1. The van der Waals surface area contributed by atoms with Crippen molar-refractivity contribution in [2.75, 3.05) is 32.8 Å². The molecule has 0 aromatic carbocycles. The minimum Gasteiger partial charge on any atom is -0.394 e. The molecule has 20 heavy (non-hydrogen) atoms. The van der Waals surface area contributed by atoms with Gasteiger partial charge in [0.2, 0.25) is 0 Å². The maximum Gasteiger partial charge on any atom is 0.0933 e. The molecule has 2 rings (SSSR count). The first-order valence-corrected chi connectivity index (χ1v) is 8.32. The van der Waals surface area contributed by atoms with E-state index in [9.17, 15) is 5.11 Å². The predicted octanol–water partition coefficient (Wildman–Crippen LogP) is 1.63. The van der Waals surface area contributed by atoms with Crippen LogP contribution in [0.1, 0.15) is 46.5 Å². The third-order valence-electron chi connectivity index (χ3n) is 5.22. The number of ether oxygens (including phenoxy) is 1. The summed E-state index contributed by atoms with van der Waals surface area (Å²) >= 11 is 0. The Kier molecular flexibility index (Phi) is 5.84. The summed E-state index contributed by atoms with van der Waals surface area (Å²) in [7, 11) is 0. The number of hydrogen-bond donors (Lipinski definition) is 2. The topological polar surface area (TPSA) is 44.7 Å². The highest BCUT2D eigenvalue weighted by atomic mass is 16.5. The standard InChI is InChI=1S/C16H32N2O2/c1-4-16(5-2,11-17-14-6-7-14)12-18-8-15(9-19)20-10-13(18)3/h13-15,17,19H,4-12H2,1-3H3. The van der Waals surface area contributed by atoms with Crippen molar-refractivity contribution >= 4 is 0 Å². The van der Waals surface area contributed by atoms with Gasteiger partial charge in [0.15, 0.2) is 0 Å². The lowest BCUT2D eigenvalue weighted by Crippen LogP contribution is -2.54. The summed E-state index contributed by atoms with van der Waals surface area (Å²) in [5.74, 6) is 0. The molecule has 0 spiro atoms. The molecule has 4 nitrogen and oxygen atoms in total. The summed E-state index contributed by atoms with van der Waals surface area (Å²) in [5, 5.41) is 13.0. The zero-order valence-corrected chi connectivity index (χ0v) is 13.4. The van der Waals surface area contributed by atoms with E-state index in [4.69, 9.17) is 4.74 Å². The van der Waals surface area contributed by atoms with Crippen molar-refractivity contribution in [3.05, 3.63) is 0 Å². The third kappa shape index (κ3) is 4.17. The van der Waals surface area contributed by atoms with E-state index >= 15 is 0 Å². The molecule has 2 atom stereocenters. The SMILES string of the molecule is CCC(CC)(CNC1CC1)CN1CC(CO)OCC1C. The predicted molar refractivity (Wildman–Crippen MR) is 81.9 cm³/mol. The van der Waals surface area contributed by atoms with Crippen LogP contribution in [0, 0.1) is 5.41 Å². The van der Waals surface area contributed by atoms with Crippen LogP contribution in [-0.4, -0.2) is 61.0 Å². The second-order valence-corrected chi connectivity index (χ2v) is 6.78. The molecular formula is C16H32N2O2. The van der Waals surface area contributed by atoms with Gasteiger partial charge in [-0.1, -0.05) is 13.8 Å². The Bertz CT molecular complexity index is 290. The van der Waals surface area contributed by atoms with Gasteiger partial charge in [-0.2, -0.15) is 0 Å². The van der Waals surface area contributed by atoms with Crippen molar-refractivity contribution in [1.29, 1.82) is 0 Å². The molecule has 4 heteroatoms. The molecule has 0 radical (unpaired) electrons. The number of nitrogens with one attached hydrogen (secondary N) is 1. The first kappa shape index (κ1) is 16.2. The van der Waals surface area contributed by atoms with E-state index in [1.807, 2.05) is 0 Å². The molecule has 2 unspecified atom stereocenters. The van der Waals surface area contributed by atoms with Crippen LogP contribution < -0.4 is 5.32 Å². The van der Waals surface area contributed by atoms with Crippen molar-refractivity contribution in [2.24, 2.45) is 5.41 Å². The molecule has 0 aromatic heterocycles. The van der Waals surface area contributed by atoms with Crippen LogP contribution in [-0.2, 0) is 4.74 Å². The van der Waals surface area contributed by atoms with Crippen molar-refractivity contribution in [3.8, 4) is 0 Å². The molecule has 2 N–H and O–H groups in total. The van der Waals surface area contributed by atoms with Crippen LogP contribution in [0.4, 0.5) is 0 Å². The molecule has 0 aromatic rings. The van der Waals surface area contributed by atoms with Crippen molar-refractivity contribution in [2.45, 2.75) is 64.6 Å². The maximum atomic E-state index is 9.33. The highest BCUT2D eigenvalue weighted by molar-refractivity contribution is 4.90. The zero-order chi connectivity index (χ0) is 14.6. The van der Waals surface area contributed by atoms with Crippen LogP contribution >= 0.6 is 0 Å². The summed E-state index contributed by atoms with van der Waals surface area (Å²) in [4.78, 5) is 2.52. The van der Waals surface area contributed by atoms with E-state index < -0.39 is 0 Å². The first-order chi connectivity index (χ1) is 9.62. The monoisotopic (exact) mass is 284 g/mol. The molecule has 2 fully saturated rings. The van der Waals surface area contributed by atoms with E-state index in [-0.39, 0.29) is 12.7 Å². The second-order valence-electron chi connectivity index (χ2n) is 6.78. The molecule has 0 amide bonds. The Morgan fingerprint density at radius 2 is 2.00 bits per heavy atom. The van der Waals surface area contributed by atoms with E-state index in [1.165, 1.54) is 25.7 Å². The Morgan fingerprint density at radius 1 is 1.30 bits per heavy atom. The quantitative estimate of drug-likeness (QED) is 0.711. The largest absolute Gasteiger partial charge is 0.394 e. The van der Waals surface area contributed by atoms with Crippen LogP contribution in [0.3, 0.4) is 0 Å². The normalized spacial score (nSPS) is 28.8. The van der Waals surface area contributed by atoms with Gasteiger partial charge in [0.25, 0.3) is 0 Å². The number of rotatable bonds is 8. The molecule has 1 aliphatic carbocycles. The van der Waals surface area contributed by atoms with Crippen molar-refractivity contribution in [3.63, 3.8) is 0 Å². The minimum absolute atomic E-state index is 0.00555. The Balaban J connectivity index is 1.93. The van der Waals surface area contributed by atoms with E-state index in [0.717, 1.165) is 32.3 Å². The van der Waals surface area contributed by atoms with Gasteiger partial charge >= 0.3 is 0 Å². The highest BCUT2D eigenvalue weighted by Crippen LogP contribution is 2.30. The van der Waals surface area contributed by atoms with Crippen LogP contribution in [0.15, 0.2) is 0 Å². The van der Waals surface area contributed by atoms with Crippen molar-refractivity contribution in [1.82, 2.24) is 10.2 Å². The minimum atomic E-state index is -0.00555. The lowest BCUT2D eigenvalue weighted by atomic mass is 9.81.